The number of ether oxygens (including phenoxy) is 1. The van der Waals surface area contributed by atoms with Crippen LogP contribution >= 0.6 is 24.0 Å². The second kappa shape index (κ2) is 11.7. The Balaban J connectivity index is 0.00000729. The third-order valence-corrected chi connectivity index (χ3v) is 6.41. The van der Waals surface area contributed by atoms with Crippen LogP contribution in [-0.4, -0.2) is 56.5 Å². The monoisotopic (exact) mass is 533 g/mol. The van der Waals surface area contributed by atoms with E-state index in [0.29, 0.717) is 19.0 Å². The van der Waals surface area contributed by atoms with Crippen molar-refractivity contribution in [3.63, 3.8) is 0 Å². The Morgan fingerprint density at radius 1 is 1.25 bits per heavy atom. The van der Waals surface area contributed by atoms with Crippen molar-refractivity contribution in [2.75, 3.05) is 25.9 Å². The molecule has 6 nitrogen and oxygen atoms in total. The standard InChI is InChI=1S/C18H29F2N3O3S.HI/c1-6-21-17(22-11-12-27(24,25)18(2,3)4)23(5)13-14-7-9-15(10-8-14)26-16(19)20;/h7-10,16H,6,11-13H2,1-5H3,(H,21,22);1H. The lowest BCUT2D eigenvalue weighted by Gasteiger charge is -2.23. The van der Waals surface area contributed by atoms with Gasteiger partial charge in [0.2, 0.25) is 0 Å². The molecule has 0 heterocycles. The molecule has 0 amide bonds. The normalized spacial score (nSPS) is 12.5. The number of nitrogens with zero attached hydrogens (tertiary/aromatic N) is 2. The van der Waals surface area contributed by atoms with Crippen LogP contribution in [0.4, 0.5) is 8.78 Å². The van der Waals surface area contributed by atoms with Crippen LogP contribution < -0.4 is 10.1 Å². The van der Waals surface area contributed by atoms with Gasteiger partial charge in [-0.3, -0.25) is 4.99 Å². The van der Waals surface area contributed by atoms with Crippen molar-refractivity contribution in [3.8, 4) is 5.75 Å². The molecule has 28 heavy (non-hydrogen) atoms. The van der Waals surface area contributed by atoms with Crippen LogP contribution in [0.15, 0.2) is 29.3 Å². The van der Waals surface area contributed by atoms with Crippen molar-refractivity contribution in [2.45, 2.75) is 45.6 Å². The van der Waals surface area contributed by atoms with Crippen LogP contribution in [-0.2, 0) is 16.4 Å². The Morgan fingerprint density at radius 2 is 1.82 bits per heavy atom. The molecular formula is C18H30F2IN3O3S. The van der Waals surface area contributed by atoms with Gasteiger partial charge in [-0.05, 0) is 45.4 Å². The summed E-state index contributed by atoms with van der Waals surface area (Å²) >= 11 is 0. The summed E-state index contributed by atoms with van der Waals surface area (Å²) in [5.74, 6) is 0.651. The van der Waals surface area contributed by atoms with Crippen LogP contribution in [0.5, 0.6) is 5.75 Å². The van der Waals surface area contributed by atoms with Crippen molar-refractivity contribution in [1.29, 1.82) is 0 Å². The number of hydrogen-bond donors (Lipinski definition) is 1. The third kappa shape index (κ3) is 8.89. The van der Waals surface area contributed by atoms with Gasteiger partial charge in [0.25, 0.3) is 0 Å². The van der Waals surface area contributed by atoms with Crippen LogP contribution in [0.25, 0.3) is 0 Å². The number of halogens is 3. The number of aliphatic imine (C=N–C) groups is 1. The molecule has 0 aliphatic carbocycles. The molecule has 0 bridgehead atoms. The van der Waals surface area contributed by atoms with Crippen LogP contribution in [0, 0.1) is 0 Å². The first kappa shape index (κ1) is 26.8. The summed E-state index contributed by atoms with van der Waals surface area (Å²) in [6, 6.07) is 6.36. The fraction of sp³-hybridized carbons (Fsp3) is 0.611. The number of sulfone groups is 1. The summed E-state index contributed by atoms with van der Waals surface area (Å²) in [6.07, 6.45) is 0. The number of alkyl halides is 2. The van der Waals surface area contributed by atoms with Crippen LogP contribution in [0.2, 0.25) is 0 Å². The summed E-state index contributed by atoms with van der Waals surface area (Å²) in [7, 11) is -1.41. The summed E-state index contributed by atoms with van der Waals surface area (Å²) in [4.78, 5) is 6.24. The zero-order valence-corrected chi connectivity index (χ0v) is 20.1. The fourth-order valence-corrected chi connectivity index (χ4v) is 3.12. The van der Waals surface area contributed by atoms with Gasteiger partial charge >= 0.3 is 6.61 Å². The number of guanidine groups is 1. The van der Waals surface area contributed by atoms with Gasteiger partial charge in [-0.25, -0.2) is 8.42 Å². The highest BCUT2D eigenvalue weighted by Crippen LogP contribution is 2.17. The van der Waals surface area contributed by atoms with E-state index < -0.39 is 21.2 Å². The number of nitrogens with one attached hydrogen (secondary N) is 1. The largest absolute Gasteiger partial charge is 0.435 e. The molecule has 0 saturated carbocycles. The molecule has 0 aliphatic heterocycles. The van der Waals surface area contributed by atoms with Crippen molar-refractivity contribution in [1.82, 2.24) is 10.2 Å². The zero-order valence-electron chi connectivity index (χ0n) is 16.9. The van der Waals surface area contributed by atoms with E-state index in [9.17, 15) is 17.2 Å². The van der Waals surface area contributed by atoms with E-state index in [-0.39, 0.29) is 42.0 Å². The van der Waals surface area contributed by atoms with Gasteiger partial charge in [-0.1, -0.05) is 12.1 Å². The lowest BCUT2D eigenvalue weighted by molar-refractivity contribution is -0.0498. The molecular weight excluding hydrogens is 503 g/mol. The Kier molecular flexibility index (Phi) is 11.2. The molecule has 162 valence electrons. The first-order chi connectivity index (χ1) is 12.5. The minimum Gasteiger partial charge on any atom is -0.435 e. The first-order valence-corrected chi connectivity index (χ1v) is 10.4. The lowest BCUT2D eigenvalue weighted by Crippen LogP contribution is -2.39. The molecule has 1 N–H and O–H groups in total. The molecule has 1 aromatic rings. The molecule has 0 spiro atoms. The molecule has 1 aromatic carbocycles. The minimum absolute atomic E-state index is 0. The maximum atomic E-state index is 12.2. The van der Waals surface area contributed by atoms with Crippen molar-refractivity contribution in [2.24, 2.45) is 4.99 Å². The predicted octanol–water partition coefficient (Wildman–Crippen LogP) is 3.52. The topological polar surface area (TPSA) is 71.0 Å². The zero-order chi connectivity index (χ0) is 20.7. The maximum absolute atomic E-state index is 12.2. The van der Waals surface area contributed by atoms with E-state index in [2.05, 4.69) is 15.0 Å². The molecule has 0 aromatic heterocycles. The second-order valence-electron chi connectivity index (χ2n) is 7.05. The van der Waals surface area contributed by atoms with Gasteiger partial charge in [0.15, 0.2) is 15.8 Å². The predicted molar refractivity (Wildman–Crippen MR) is 119 cm³/mol. The summed E-state index contributed by atoms with van der Waals surface area (Å²) in [6.45, 7) is 5.36. The van der Waals surface area contributed by atoms with Crippen LogP contribution in [0.1, 0.15) is 33.3 Å². The van der Waals surface area contributed by atoms with Gasteiger partial charge in [-0.2, -0.15) is 8.78 Å². The first-order valence-electron chi connectivity index (χ1n) is 8.71. The molecule has 10 heteroatoms. The number of rotatable bonds is 8. The highest BCUT2D eigenvalue weighted by molar-refractivity contribution is 14.0. The Bertz CT molecular complexity index is 721. The summed E-state index contributed by atoms with van der Waals surface area (Å²) < 4.78 is 52.3. The summed E-state index contributed by atoms with van der Waals surface area (Å²) in [5.41, 5.74) is 0.882. The fourth-order valence-electron chi connectivity index (χ4n) is 2.17. The van der Waals surface area contributed by atoms with E-state index in [1.54, 1.807) is 32.9 Å². The highest BCUT2D eigenvalue weighted by Gasteiger charge is 2.28. The molecule has 0 fully saturated rings. The molecule has 0 unspecified atom stereocenters. The smallest absolute Gasteiger partial charge is 0.387 e. The quantitative estimate of drug-likeness (QED) is 0.315. The molecule has 0 aliphatic rings. The van der Waals surface area contributed by atoms with Gasteiger partial charge in [0.1, 0.15) is 5.75 Å². The number of benzene rings is 1. The van der Waals surface area contributed by atoms with Gasteiger partial charge in [0, 0.05) is 20.1 Å². The average molecular weight is 533 g/mol. The SMILES string of the molecule is CCNC(=NCCS(=O)(=O)C(C)(C)C)N(C)Cc1ccc(OC(F)F)cc1.I. The second-order valence-corrected chi connectivity index (χ2v) is 9.91. The molecule has 0 radical (unpaired) electrons. The van der Waals surface area contributed by atoms with Crippen molar-refractivity contribution >= 4 is 39.8 Å². The van der Waals surface area contributed by atoms with Crippen molar-refractivity contribution in [3.05, 3.63) is 29.8 Å². The van der Waals surface area contributed by atoms with Gasteiger partial charge < -0.3 is 15.0 Å². The van der Waals surface area contributed by atoms with Gasteiger partial charge in [-0.15, -0.1) is 24.0 Å². The highest BCUT2D eigenvalue weighted by atomic mass is 127. The summed E-state index contributed by atoms with van der Waals surface area (Å²) in [5, 5.41) is 3.12. The Hall–Kier alpha value is -1.17. The van der Waals surface area contributed by atoms with Gasteiger partial charge in [0.05, 0.1) is 17.0 Å². The van der Waals surface area contributed by atoms with E-state index in [1.807, 2.05) is 18.9 Å². The van der Waals surface area contributed by atoms with Crippen LogP contribution in [0.3, 0.4) is 0 Å². The molecule has 0 atom stereocenters. The van der Waals surface area contributed by atoms with Crippen molar-refractivity contribution < 1.29 is 21.9 Å². The third-order valence-electron chi connectivity index (χ3n) is 3.82. The van der Waals surface area contributed by atoms with E-state index in [1.165, 1.54) is 12.1 Å². The Morgan fingerprint density at radius 3 is 2.29 bits per heavy atom. The Labute approximate surface area is 183 Å². The van der Waals surface area contributed by atoms with E-state index in [0.717, 1.165) is 5.56 Å². The number of hydrogen-bond acceptors (Lipinski definition) is 4. The lowest BCUT2D eigenvalue weighted by atomic mass is 10.2. The maximum Gasteiger partial charge on any atom is 0.387 e. The molecule has 1 rings (SSSR count). The molecule has 0 saturated heterocycles. The van der Waals surface area contributed by atoms with E-state index in [4.69, 9.17) is 0 Å². The minimum atomic E-state index is -3.24. The average Bonchev–Trinajstić information content (AvgIpc) is 2.54. The van der Waals surface area contributed by atoms with E-state index >= 15 is 0 Å².